The Morgan fingerprint density at radius 3 is 1.71 bits per heavy atom. The lowest BCUT2D eigenvalue weighted by Crippen LogP contribution is -2.30. The summed E-state index contributed by atoms with van der Waals surface area (Å²) in [6, 6.07) is 36.0. The molecule has 2 amide bonds. The SMILES string of the molecule is C=CC(=O)OCCNC(=O)Oc1ccc2ccccc2c1-c1c(OC(=O)Nc2cccc3ccccc23)ccc2ccccc12. The molecule has 6 rings (SSSR count). The lowest BCUT2D eigenvalue weighted by atomic mass is 9.92. The quantitative estimate of drug-likeness (QED) is 0.104. The Morgan fingerprint density at radius 2 is 1.11 bits per heavy atom. The highest BCUT2D eigenvalue weighted by Crippen LogP contribution is 2.45. The van der Waals surface area contributed by atoms with Gasteiger partial charge in [0.05, 0.1) is 12.2 Å². The highest BCUT2D eigenvalue weighted by Gasteiger charge is 2.22. The fraction of sp³-hybridized carbons (Fsp3) is 0.0541. The monoisotopic (exact) mass is 596 g/mol. The average molecular weight is 597 g/mol. The van der Waals surface area contributed by atoms with Crippen LogP contribution in [0.2, 0.25) is 0 Å². The zero-order chi connectivity index (χ0) is 31.2. The molecule has 0 spiro atoms. The normalized spacial score (nSPS) is 10.8. The van der Waals surface area contributed by atoms with Crippen molar-refractivity contribution in [3.05, 3.63) is 128 Å². The van der Waals surface area contributed by atoms with Crippen molar-refractivity contribution in [1.82, 2.24) is 5.32 Å². The summed E-state index contributed by atoms with van der Waals surface area (Å²) in [6.45, 7) is 3.35. The van der Waals surface area contributed by atoms with Gasteiger partial charge in [-0.2, -0.15) is 0 Å². The van der Waals surface area contributed by atoms with Crippen molar-refractivity contribution in [2.75, 3.05) is 18.5 Å². The molecule has 0 aliphatic carbocycles. The van der Waals surface area contributed by atoms with Crippen molar-refractivity contribution in [3.8, 4) is 22.6 Å². The number of rotatable bonds is 8. The number of esters is 1. The molecule has 0 radical (unpaired) electrons. The van der Waals surface area contributed by atoms with Gasteiger partial charge in [0.2, 0.25) is 0 Å². The molecule has 0 saturated heterocycles. The van der Waals surface area contributed by atoms with Gasteiger partial charge in [0.25, 0.3) is 0 Å². The zero-order valence-corrected chi connectivity index (χ0v) is 24.1. The van der Waals surface area contributed by atoms with Gasteiger partial charge < -0.3 is 19.5 Å². The summed E-state index contributed by atoms with van der Waals surface area (Å²) in [7, 11) is 0. The third-order valence-corrected chi connectivity index (χ3v) is 7.25. The molecule has 222 valence electrons. The molecular weight excluding hydrogens is 568 g/mol. The second-order valence-electron chi connectivity index (χ2n) is 10.0. The second-order valence-corrected chi connectivity index (χ2v) is 10.0. The Hall–Kier alpha value is -6.15. The minimum Gasteiger partial charge on any atom is -0.461 e. The van der Waals surface area contributed by atoms with E-state index in [0.29, 0.717) is 16.8 Å². The predicted molar refractivity (Wildman–Crippen MR) is 176 cm³/mol. The topological polar surface area (TPSA) is 103 Å². The van der Waals surface area contributed by atoms with E-state index in [-0.39, 0.29) is 24.7 Å². The molecule has 0 aromatic heterocycles. The first-order valence-corrected chi connectivity index (χ1v) is 14.3. The molecular formula is C37H28N2O6. The van der Waals surface area contributed by atoms with Crippen molar-refractivity contribution in [1.29, 1.82) is 0 Å². The molecule has 0 heterocycles. The van der Waals surface area contributed by atoms with Crippen LogP contribution in [0.25, 0.3) is 43.4 Å². The Morgan fingerprint density at radius 1 is 0.600 bits per heavy atom. The van der Waals surface area contributed by atoms with Crippen LogP contribution >= 0.6 is 0 Å². The molecule has 0 saturated carbocycles. The number of carbonyl (C=O) groups is 3. The summed E-state index contributed by atoms with van der Waals surface area (Å²) in [4.78, 5) is 37.6. The van der Waals surface area contributed by atoms with E-state index in [1.165, 1.54) is 0 Å². The van der Waals surface area contributed by atoms with E-state index in [1.54, 1.807) is 12.1 Å². The molecule has 0 aliphatic rings. The molecule has 0 aliphatic heterocycles. The summed E-state index contributed by atoms with van der Waals surface area (Å²) < 4.78 is 16.8. The van der Waals surface area contributed by atoms with Crippen LogP contribution in [0, 0.1) is 0 Å². The van der Waals surface area contributed by atoms with Gasteiger partial charge in [0.15, 0.2) is 0 Å². The number of hydrogen-bond donors (Lipinski definition) is 2. The Bertz CT molecular complexity index is 2080. The van der Waals surface area contributed by atoms with Gasteiger partial charge in [-0.3, -0.25) is 5.32 Å². The number of carbonyl (C=O) groups excluding carboxylic acids is 3. The minimum absolute atomic E-state index is 0.0400. The molecule has 45 heavy (non-hydrogen) atoms. The molecule has 0 bridgehead atoms. The number of ether oxygens (including phenoxy) is 3. The predicted octanol–water partition coefficient (Wildman–Crippen LogP) is 8.24. The standard InChI is InChI=1S/C37H28N2O6/c1-2-33(40)43-23-22-38-36(41)44-31-20-18-25-11-4-7-15-28(25)34(31)35-29-16-8-5-12-26(29)19-21-32(35)45-37(42)39-30-17-9-13-24-10-3-6-14-27(24)30/h2-21H,1,22-23H2,(H,38,41)(H,39,42). The van der Waals surface area contributed by atoms with Gasteiger partial charge in [0, 0.05) is 22.6 Å². The maximum absolute atomic E-state index is 13.4. The van der Waals surface area contributed by atoms with Crippen molar-refractivity contribution < 1.29 is 28.6 Å². The minimum atomic E-state index is -0.738. The van der Waals surface area contributed by atoms with Crippen molar-refractivity contribution in [2.45, 2.75) is 0 Å². The van der Waals surface area contributed by atoms with E-state index < -0.39 is 18.2 Å². The second kappa shape index (κ2) is 13.0. The lowest BCUT2D eigenvalue weighted by molar-refractivity contribution is -0.137. The molecule has 8 nitrogen and oxygen atoms in total. The third kappa shape index (κ3) is 6.30. The highest BCUT2D eigenvalue weighted by molar-refractivity contribution is 6.11. The van der Waals surface area contributed by atoms with E-state index in [9.17, 15) is 14.4 Å². The summed E-state index contributed by atoms with van der Waals surface area (Å²) in [5.41, 5.74) is 1.77. The van der Waals surface area contributed by atoms with E-state index in [2.05, 4.69) is 17.2 Å². The first-order valence-electron chi connectivity index (χ1n) is 14.3. The Labute approximate surface area is 258 Å². The number of anilines is 1. The van der Waals surface area contributed by atoms with Crippen molar-refractivity contribution in [3.63, 3.8) is 0 Å². The summed E-state index contributed by atoms with van der Waals surface area (Å²) in [5.74, 6) is -0.0516. The third-order valence-electron chi connectivity index (χ3n) is 7.25. The van der Waals surface area contributed by atoms with Crippen LogP contribution in [0.1, 0.15) is 0 Å². The van der Waals surface area contributed by atoms with Gasteiger partial charge in [-0.1, -0.05) is 104 Å². The van der Waals surface area contributed by atoms with Crippen molar-refractivity contribution in [2.24, 2.45) is 0 Å². The fourth-order valence-corrected chi connectivity index (χ4v) is 5.26. The highest BCUT2D eigenvalue weighted by atomic mass is 16.6. The number of nitrogens with one attached hydrogen (secondary N) is 2. The molecule has 0 fully saturated rings. The molecule has 8 heteroatoms. The fourth-order valence-electron chi connectivity index (χ4n) is 5.26. The van der Waals surface area contributed by atoms with Gasteiger partial charge in [-0.15, -0.1) is 0 Å². The van der Waals surface area contributed by atoms with Crippen LogP contribution in [0.5, 0.6) is 11.5 Å². The average Bonchev–Trinajstić information content (AvgIpc) is 3.07. The van der Waals surface area contributed by atoms with Crippen molar-refractivity contribution >= 4 is 56.2 Å². The van der Waals surface area contributed by atoms with E-state index >= 15 is 0 Å². The number of benzene rings is 6. The van der Waals surface area contributed by atoms with Crippen LogP contribution < -0.4 is 20.1 Å². The molecule has 0 atom stereocenters. The lowest BCUT2D eigenvalue weighted by Gasteiger charge is -2.19. The smallest absolute Gasteiger partial charge is 0.417 e. The van der Waals surface area contributed by atoms with Crippen LogP contribution in [-0.2, 0) is 9.53 Å². The number of hydrogen-bond acceptors (Lipinski definition) is 6. The van der Waals surface area contributed by atoms with Crippen LogP contribution in [0.4, 0.5) is 15.3 Å². The molecule has 6 aromatic carbocycles. The maximum Gasteiger partial charge on any atom is 0.417 e. The summed E-state index contributed by atoms with van der Waals surface area (Å²) >= 11 is 0. The maximum atomic E-state index is 13.4. The Kier molecular flexibility index (Phi) is 8.37. The summed E-state index contributed by atoms with van der Waals surface area (Å²) in [5, 5.41) is 10.7. The Balaban J connectivity index is 1.40. The summed E-state index contributed by atoms with van der Waals surface area (Å²) in [6.07, 6.45) is -0.360. The first kappa shape index (κ1) is 28.9. The van der Waals surface area contributed by atoms with E-state index in [4.69, 9.17) is 14.2 Å². The largest absolute Gasteiger partial charge is 0.461 e. The number of fused-ring (bicyclic) bond motifs is 3. The molecule has 0 unspecified atom stereocenters. The van der Waals surface area contributed by atoms with E-state index in [0.717, 1.165) is 38.4 Å². The van der Waals surface area contributed by atoms with Crippen LogP contribution in [-0.4, -0.2) is 31.3 Å². The van der Waals surface area contributed by atoms with Crippen LogP contribution in [0.15, 0.2) is 128 Å². The molecule has 6 aromatic rings. The zero-order valence-electron chi connectivity index (χ0n) is 24.1. The first-order chi connectivity index (χ1) is 22.0. The van der Waals surface area contributed by atoms with Gasteiger partial charge >= 0.3 is 18.2 Å². The van der Waals surface area contributed by atoms with Gasteiger partial charge in [-0.25, -0.2) is 14.4 Å². The number of amides is 2. The van der Waals surface area contributed by atoms with Crippen LogP contribution in [0.3, 0.4) is 0 Å². The van der Waals surface area contributed by atoms with E-state index in [1.807, 2.05) is 103 Å². The van der Waals surface area contributed by atoms with Gasteiger partial charge in [0.1, 0.15) is 18.1 Å². The molecule has 2 N–H and O–H groups in total. The van der Waals surface area contributed by atoms with Gasteiger partial charge in [-0.05, 0) is 45.1 Å².